The molecular formula is C27H29N5O8. The average Bonchev–Trinajstić information content (AvgIpc) is 2.94. The number of methoxy groups -OCH3 is 1. The lowest BCUT2D eigenvalue weighted by Crippen LogP contribution is -2.63. The van der Waals surface area contributed by atoms with Gasteiger partial charge in [-0.15, -0.1) is 0 Å². The van der Waals surface area contributed by atoms with Gasteiger partial charge in [-0.05, 0) is 17.7 Å². The molecule has 3 rings (SSSR count). The number of amidine groups is 1. The highest BCUT2D eigenvalue weighted by Gasteiger charge is 2.41. The minimum atomic E-state index is -1.33. The van der Waals surface area contributed by atoms with Crippen LogP contribution in [-0.4, -0.2) is 95.5 Å². The summed E-state index contributed by atoms with van der Waals surface area (Å²) in [6.45, 7) is -0.767. The Kier molecular flexibility index (Phi) is 9.68. The van der Waals surface area contributed by atoms with Gasteiger partial charge in [-0.2, -0.15) is 0 Å². The molecule has 13 heteroatoms. The number of amides is 3. The van der Waals surface area contributed by atoms with Gasteiger partial charge in [0.15, 0.2) is 0 Å². The van der Waals surface area contributed by atoms with Crippen LogP contribution in [0.4, 0.5) is 0 Å². The van der Waals surface area contributed by atoms with Gasteiger partial charge in [0, 0.05) is 36.2 Å². The summed E-state index contributed by atoms with van der Waals surface area (Å²) >= 11 is 0. The molecule has 2 atom stereocenters. The Hall–Kier alpha value is -5.07. The van der Waals surface area contributed by atoms with Crippen LogP contribution in [0.3, 0.4) is 0 Å². The number of carbonyl (C=O) groups excluding carboxylic acids is 5. The number of hydrogen-bond acceptors (Lipinski definition) is 8. The SMILES string of the molecule is COC(=O)C[C@H]1C(=O)N(CC(=O)O)CCN1C(=O)[C@H](Cc1ccc(C=O)cc1)NC(=O)c1ccc(C(=N)N)cc1. The summed E-state index contributed by atoms with van der Waals surface area (Å²) in [4.78, 5) is 76.7. The minimum absolute atomic E-state index is 0.0102. The van der Waals surface area contributed by atoms with Crippen LogP contribution in [0.5, 0.6) is 0 Å². The van der Waals surface area contributed by atoms with E-state index in [1.54, 1.807) is 24.3 Å². The van der Waals surface area contributed by atoms with E-state index in [1.807, 2.05) is 0 Å². The number of carboxylic acids is 1. The molecule has 3 amide bonds. The molecule has 1 fully saturated rings. The maximum atomic E-state index is 13.9. The summed E-state index contributed by atoms with van der Waals surface area (Å²) < 4.78 is 4.69. The van der Waals surface area contributed by atoms with Crippen LogP contribution >= 0.6 is 0 Å². The fraction of sp³-hybridized carbons (Fsp3) is 0.296. The van der Waals surface area contributed by atoms with Crippen molar-refractivity contribution in [3.8, 4) is 0 Å². The van der Waals surface area contributed by atoms with E-state index in [9.17, 15) is 28.8 Å². The normalized spacial score (nSPS) is 15.6. The van der Waals surface area contributed by atoms with E-state index in [4.69, 9.17) is 16.2 Å². The first-order chi connectivity index (χ1) is 19.0. The number of piperazine rings is 1. The van der Waals surface area contributed by atoms with Gasteiger partial charge < -0.3 is 30.7 Å². The highest BCUT2D eigenvalue weighted by atomic mass is 16.5. The van der Waals surface area contributed by atoms with Gasteiger partial charge >= 0.3 is 11.9 Å². The van der Waals surface area contributed by atoms with Crippen molar-refractivity contribution < 1.29 is 38.6 Å². The van der Waals surface area contributed by atoms with Crippen LogP contribution < -0.4 is 11.1 Å². The first-order valence-corrected chi connectivity index (χ1v) is 12.2. The molecule has 0 aromatic heterocycles. The molecule has 1 saturated heterocycles. The largest absolute Gasteiger partial charge is 0.480 e. The molecular weight excluding hydrogens is 522 g/mol. The Morgan fingerprint density at radius 2 is 1.73 bits per heavy atom. The molecule has 210 valence electrons. The smallest absolute Gasteiger partial charge is 0.323 e. The number of hydrogen-bond donors (Lipinski definition) is 4. The Morgan fingerprint density at radius 1 is 1.10 bits per heavy atom. The van der Waals surface area contributed by atoms with E-state index < -0.39 is 54.7 Å². The summed E-state index contributed by atoms with van der Waals surface area (Å²) in [5.41, 5.74) is 7.09. The molecule has 5 N–H and O–H groups in total. The summed E-state index contributed by atoms with van der Waals surface area (Å²) in [6, 6.07) is 9.69. The number of esters is 1. The molecule has 40 heavy (non-hydrogen) atoms. The molecule has 0 radical (unpaired) electrons. The lowest BCUT2D eigenvalue weighted by atomic mass is 10.00. The predicted octanol–water partition coefficient (Wildman–Crippen LogP) is -0.189. The lowest BCUT2D eigenvalue weighted by molar-refractivity contribution is -0.159. The van der Waals surface area contributed by atoms with E-state index in [-0.39, 0.29) is 30.9 Å². The number of aliphatic carboxylic acids is 1. The maximum Gasteiger partial charge on any atom is 0.323 e. The van der Waals surface area contributed by atoms with Crippen molar-refractivity contribution in [2.24, 2.45) is 5.73 Å². The van der Waals surface area contributed by atoms with Crippen LogP contribution in [-0.2, 0) is 30.3 Å². The van der Waals surface area contributed by atoms with E-state index in [2.05, 4.69) is 10.1 Å². The second-order valence-electron chi connectivity index (χ2n) is 9.06. The molecule has 0 unspecified atom stereocenters. The third-order valence-corrected chi connectivity index (χ3v) is 6.40. The van der Waals surface area contributed by atoms with Crippen molar-refractivity contribution in [1.82, 2.24) is 15.1 Å². The van der Waals surface area contributed by atoms with Crippen LogP contribution in [0.1, 0.15) is 38.3 Å². The van der Waals surface area contributed by atoms with Crippen molar-refractivity contribution in [2.75, 3.05) is 26.7 Å². The van der Waals surface area contributed by atoms with E-state index >= 15 is 0 Å². The van der Waals surface area contributed by atoms with Crippen LogP contribution in [0.25, 0.3) is 0 Å². The highest BCUT2D eigenvalue weighted by molar-refractivity contribution is 6.01. The molecule has 0 saturated carbocycles. The molecule has 0 aliphatic carbocycles. The zero-order chi connectivity index (χ0) is 29.4. The summed E-state index contributed by atoms with van der Waals surface area (Å²) in [5.74, 6) is -4.20. The van der Waals surface area contributed by atoms with Crippen molar-refractivity contribution in [1.29, 1.82) is 5.41 Å². The van der Waals surface area contributed by atoms with E-state index in [0.717, 1.165) is 16.9 Å². The van der Waals surface area contributed by atoms with Crippen molar-refractivity contribution in [3.63, 3.8) is 0 Å². The van der Waals surface area contributed by atoms with Crippen LogP contribution in [0.2, 0.25) is 0 Å². The van der Waals surface area contributed by atoms with Gasteiger partial charge in [0.1, 0.15) is 30.8 Å². The molecule has 1 aliphatic rings. The second kappa shape index (κ2) is 13.1. The van der Waals surface area contributed by atoms with Gasteiger partial charge in [0.05, 0.1) is 13.5 Å². The Balaban J connectivity index is 1.92. The average molecular weight is 552 g/mol. The molecule has 0 bridgehead atoms. The Labute approximate surface area is 229 Å². The fourth-order valence-electron chi connectivity index (χ4n) is 4.27. The second-order valence-corrected chi connectivity index (χ2v) is 9.06. The molecule has 1 aliphatic heterocycles. The Morgan fingerprint density at radius 3 is 2.27 bits per heavy atom. The van der Waals surface area contributed by atoms with Gasteiger partial charge in [0.2, 0.25) is 11.8 Å². The zero-order valence-corrected chi connectivity index (χ0v) is 21.7. The maximum absolute atomic E-state index is 13.9. The van der Waals surface area contributed by atoms with Crippen molar-refractivity contribution in [3.05, 3.63) is 70.8 Å². The number of nitrogens with two attached hydrogens (primary N) is 1. The lowest BCUT2D eigenvalue weighted by Gasteiger charge is -2.41. The van der Waals surface area contributed by atoms with Gasteiger partial charge in [-0.1, -0.05) is 36.4 Å². The number of nitrogen functional groups attached to an aromatic ring is 1. The summed E-state index contributed by atoms with van der Waals surface area (Å²) in [7, 11) is 1.13. The number of rotatable bonds is 11. The Bertz CT molecular complexity index is 1310. The van der Waals surface area contributed by atoms with E-state index in [1.165, 1.54) is 24.3 Å². The molecule has 13 nitrogen and oxygen atoms in total. The molecule has 2 aromatic rings. The van der Waals surface area contributed by atoms with Crippen LogP contribution in [0, 0.1) is 5.41 Å². The number of carboxylic acid groups (broad SMARTS) is 1. The number of ether oxygens (including phenoxy) is 1. The highest BCUT2D eigenvalue weighted by Crippen LogP contribution is 2.19. The molecule has 1 heterocycles. The molecule has 2 aromatic carbocycles. The van der Waals surface area contributed by atoms with Crippen molar-refractivity contribution in [2.45, 2.75) is 24.9 Å². The first kappa shape index (κ1) is 29.5. The summed E-state index contributed by atoms with van der Waals surface area (Å²) in [5, 5.41) is 19.4. The fourth-order valence-corrected chi connectivity index (χ4v) is 4.27. The predicted molar refractivity (Wildman–Crippen MR) is 141 cm³/mol. The van der Waals surface area contributed by atoms with E-state index in [0.29, 0.717) is 23.0 Å². The van der Waals surface area contributed by atoms with Crippen LogP contribution in [0.15, 0.2) is 48.5 Å². The third kappa shape index (κ3) is 7.28. The number of benzene rings is 2. The number of carbonyl (C=O) groups is 6. The quantitative estimate of drug-likeness (QED) is 0.126. The standard InChI is InChI=1S/C27H29N5O8/c1-40-23(36)13-21-27(39)31(14-22(34)35)10-11-32(21)26(38)20(12-16-2-4-17(15-33)5-3-16)30-25(37)19-8-6-18(7-9-19)24(28)29/h2-9,15,20-21H,10-14H2,1H3,(H3,28,29)(H,30,37)(H,34,35)/t20-,21-/m0/s1. The monoisotopic (exact) mass is 551 g/mol. The van der Waals surface area contributed by atoms with Gasteiger partial charge in [0.25, 0.3) is 5.91 Å². The van der Waals surface area contributed by atoms with Crippen molar-refractivity contribution >= 4 is 41.8 Å². The third-order valence-electron chi connectivity index (χ3n) is 6.40. The molecule has 0 spiro atoms. The minimum Gasteiger partial charge on any atom is -0.480 e. The number of nitrogens with zero attached hydrogens (tertiary/aromatic N) is 2. The first-order valence-electron chi connectivity index (χ1n) is 12.2. The number of aldehydes is 1. The number of nitrogens with one attached hydrogen (secondary N) is 2. The summed E-state index contributed by atoms with van der Waals surface area (Å²) in [6.07, 6.45) is 0.153. The van der Waals surface area contributed by atoms with Gasteiger partial charge in [-0.3, -0.25) is 34.2 Å². The van der Waals surface area contributed by atoms with Gasteiger partial charge in [-0.25, -0.2) is 0 Å². The zero-order valence-electron chi connectivity index (χ0n) is 21.7. The topological polar surface area (TPSA) is 200 Å².